The van der Waals surface area contributed by atoms with Crippen LogP contribution in [0.1, 0.15) is 0 Å². The molecule has 0 radical (unpaired) electrons. The summed E-state index contributed by atoms with van der Waals surface area (Å²) in [6, 6.07) is 8.90. The van der Waals surface area contributed by atoms with Gasteiger partial charge in [-0.25, -0.2) is 0 Å². The third kappa shape index (κ3) is 1.64. The number of H-pyrrole nitrogens is 1. The van der Waals surface area contributed by atoms with E-state index in [9.17, 15) is 4.79 Å². The fraction of sp³-hybridized carbons (Fsp3) is 0. The summed E-state index contributed by atoms with van der Waals surface area (Å²) in [5.41, 5.74) is 1.68. The molecule has 0 aliphatic rings. The van der Waals surface area contributed by atoms with Crippen LogP contribution in [0.2, 0.25) is 0 Å². The Bertz CT molecular complexity index is 427. The molecule has 0 atom stereocenters. The highest BCUT2D eigenvalue weighted by Crippen LogP contribution is 2.12. The smallest absolute Gasteiger partial charge is 0.247 e. The maximum Gasteiger partial charge on any atom is 0.247 e. The minimum absolute atomic E-state index is 0.0975. The Balaban J connectivity index is 2.48. The van der Waals surface area contributed by atoms with E-state index in [2.05, 4.69) is 9.97 Å². The van der Waals surface area contributed by atoms with Gasteiger partial charge in [0.25, 0.3) is 0 Å². The van der Waals surface area contributed by atoms with Crippen LogP contribution in [0.5, 0.6) is 0 Å². The van der Waals surface area contributed by atoms with E-state index in [4.69, 9.17) is 0 Å². The highest BCUT2D eigenvalue weighted by atomic mass is 16.1. The molecule has 0 aromatic carbocycles. The van der Waals surface area contributed by atoms with Gasteiger partial charge in [-0.15, -0.1) is 0 Å². The fourth-order valence-electron chi connectivity index (χ4n) is 1.10. The van der Waals surface area contributed by atoms with Gasteiger partial charge in [-0.05, 0) is 18.2 Å². The first kappa shape index (κ1) is 7.73. The summed E-state index contributed by atoms with van der Waals surface area (Å²) >= 11 is 0. The molecule has 0 fully saturated rings. The van der Waals surface area contributed by atoms with Crippen LogP contribution < -0.4 is 5.56 Å². The van der Waals surface area contributed by atoms with Crippen LogP contribution in [0.15, 0.2) is 47.5 Å². The van der Waals surface area contributed by atoms with Crippen molar-refractivity contribution in [2.24, 2.45) is 0 Å². The first-order chi connectivity index (χ1) is 6.36. The molecule has 0 aliphatic heterocycles. The van der Waals surface area contributed by atoms with Crippen molar-refractivity contribution >= 4 is 0 Å². The van der Waals surface area contributed by atoms with Crippen molar-refractivity contribution in [3.63, 3.8) is 0 Å². The van der Waals surface area contributed by atoms with E-state index in [-0.39, 0.29) is 5.56 Å². The van der Waals surface area contributed by atoms with Gasteiger partial charge >= 0.3 is 0 Å². The third-order valence-electron chi connectivity index (χ3n) is 1.74. The molecule has 3 nitrogen and oxygen atoms in total. The van der Waals surface area contributed by atoms with E-state index in [1.165, 1.54) is 6.07 Å². The molecule has 2 aromatic rings. The average molecular weight is 172 g/mol. The summed E-state index contributed by atoms with van der Waals surface area (Å²) in [7, 11) is 0. The summed E-state index contributed by atoms with van der Waals surface area (Å²) in [5.74, 6) is 0. The number of rotatable bonds is 1. The molecule has 13 heavy (non-hydrogen) atoms. The largest absolute Gasteiger partial charge is 0.328 e. The van der Waals surface area contributed by atoms with Gasteiger partial charge in [0, 0.05) is 24.0 Å². The number of nitrogens with zero attached hydrogens (tertiary/aromatic N) is 1. The van der Waals surface area contributed by atoms with Gasteiger partial charge in [-0.1, -0.05) is 6.07 Å². The Hall–Kier alpha value is -1.90. The van der Waals surface area contributed by atoms with Crippen molar-refractivity contribution < 1.29 is 0 Å². The zero-order valence-corrected chi connectivity index (χ0v) is 6.90. The number of hydrogen-bond acceptors (Lipinski definition) is 2. The summed E-state index contributed by atoms with van der Waals surface area (Å²) < 4.78 is 0. The minimum atomic E-state index is -0.0975. The molecule has 0 spiro atoms. The molecule has 2 rings (SSSR count). The van der Waals surface area contributed by atoms with Crippen molar-refractivity contribution in [2.45, 2.75) is 0 Å². The van der Waals surface area contributed by atoms with E-state index >= 15 is 0 Å². The molecule has 1 N–H and O–H groups in total. The van der Waals surface area contributed by atoms with E-state index < -0.39 is 0 Å². The third-order valence-corrected chi connectivity index (χ3v) is 1.74. The second-order valence-corrected chi connectivity index (χ2v) is 2.66. The first-order valence-electron chi connectivity index (χ1n) is 3.96. The van der Waals surface area contributed by atoms with Crippen LogP contribution in [-0.2, 0) is 0 Å². The van der Waals surface area contributed by atoms with Crippen molar-refractivity contribution in [1.29, 1.82) is 0 Å². The van der Waals surface area contributed by atoms with E-state index in [0.717, 1.165) is 11.3 Å². The lowest BCUT2D eigenvalue weighted by molar-refractivity contribution is 1.22. The molecule has 0 bridgehead atoms. The molecular formula is C10H8N2O. The Labute approximate surface area is 75.1 Å². The van der Waals surface area contributed by atoms with E-state index in [1.54, 1.807) is 18.5 Å². The number of aromatic amines is 1. The molecule has 2 heterocycles. The number of pyridine rings is 2. The number of hydrogen-bond donors (Lipinski definition) is 1. The second kappa shape index (κ2) is 3.23. The van der Waals surface area contributed by atoms with Crippen LogP contribution in [0.4, 0.5) is 0 Å². The van der Waals surface area contributed by atoms with Crippen molar-refractivity contribution in [3.8, 4) is 11.3 Å². The summed E-state index contributed by atoms with van der Waals surface area (Å²) in [6.45, 7) is 0. The highest BCUT2D eigenvalue weighted by Gasteiger charge is 1.95. The zero-order valence-electron chi connectivity index (χ0n) is 6.90. The molecule has 0 unspecified atom stereocenters. The van der Waals surface area contributed by atoms with Gasteiger partial charge in [0.15, 0.2) is 0 Å². The van der Waals surface area contributed by atoms with Crippen LogP contribution in [0.25, 0.3) is 11.3 Å². The topological polar surface area (TPSA) is 45.8 Å². The maximum absolute atomic E-state index is 10.8. The Morgan fingerprint density at radius 1 is 1.15 bits per heavy atom. The molecule has 0 saturated carbocycles. The predicted molar refractivity (Wildman–Crippen MR) is 50.3 cm³/mol. The summed E-state index contributed by atoms with van der Waals surface area (Å²) in [5, 5.41) is 0. The van der Waals surface area contributed by atoms with Crippen molar-refractivity contribution in [2.75, 3.05) is 0 Å². The van der Waals surface area contributed by atoms with Gasteiger partial charge in [-0.2, -0.15) is 0 Å². The van der Waals surface area contributed by atoms with Crippen LogP contribution in [0, 0.1) is 0 Å². The summed E-state index contributed by atoms with van der Waals surface area (Å²) in [6.07, 6.45) is 3.38. The Kier molecular flexibility index (Phi) is 1.92. The Morgan fingerprint density at radius 3 is 2.69 bits per heavy atom. The average Bonchev–Trinajstić information content (AvgIpc) is 2.20. The number of nitrogens with one attached hydrogen (secondary N) is 1. The standard InChI is InChI=1S/C10H8N2O/c13-10-5-4-8(7-12-10)9-3-1-2-6-11-9/h1-7H,(H,12,13). The Morgan fingerprint density at radius 2 is 2.08 bits per heavy atom. The van der Waals surface area contributed by atoms with Gasteiger partial charge in [0.1, 0.15) is 0 Å². The minimum Gasteiger partial charge on any atom is -0.328 e. The lowest BCUT2D eigenvalue weighted by atomic mass is 10.2. The molecule has 2 aromatic heterocycles. The van der Waals surface area contributed by atoms with Crippen LogP contribution in [-0.4, -0.2) is 9.97 Å². The van der Waals surface area contributed by atoms with E-state index in [1.807, 2.05) is 18.2 Å². The summed E-state index contributed by atoms with van der Waals surface area (Å²) in [4.78, 5) is 17.5. The van der Waals surface area contributed by atoms with Crippen molar-refractivity contribution in [1.82, 2.24) is 9.97 Å². The highest BCUT2D eigenvalue weighted by molar-refractivity contribution is 5.56. The lowest BCUT2D eigenvalue weighted by Crippen LogP contribution is -2.01. The first-order valence-corrected chi connectivity index (χ1v) is 3.96. The van der Waals surface area contributed by atoms with Gasteiger partial charge in [0.2, 0.25) is 5.56 Å². The lowest BCUT2D eigenvalue weighted by Gasteiger charge is -1.97. The van der Waals surface area contributed by atoms with Crippen LogP contribution >= 0.6 is 0 Å². The zero-order chi connectivity index (χ0) is 9.10. The SMILES string of the molecule is O=c1ccc(-c2ccccn2)c[nH]1. The maximum atomic E-state index is 10.8. The number of aromatic nitrogens is 2. The van der Waals surface area contributed by atoms with Gasteiger partial charge in [-0.3, -0.25) is 9.78 Å². The molecule has 64 valence electrons. The molecule has 0 aliphatic carbocycles. The second-order valence-electron chi connectivity index (χ2n) is 2.66. The molecule has 3 heteroatoms. The predicted octanol–water partition coefficient (Wildman–Crippen LogP) is 1.44. The quantitative estimate of drug-likeness (QED) is 0.707. The van der Waals surface area contributed by atoms with Gasteiger partial charge < -0.3 is 4.98 Å². The molecule has 0 amide bonds. The fourth-order valence-corrected chi connectivity index (χ4v) is 1.10. The molecule has 0 saturated heterocycles. The van der Waals surface area contributed by atoms with Crippen molar-refractivity contribution in [3.05, 3.63) is 53.1 Å². The normalized spacial score (nSPS) is 9.85. The van der Waals surface area contributed by atoms with E-state index in [0.29, 0.717) is 0 Å². The monoisotopic (exact) mass is 172 g/mol. The molecular weight excluding hydrogens is 164 g/mol. The van der Waals surface area contributed by atoms with Crippen LogP contribution in [0.3, 0.4) is 0 Å². The van der Waals surface area contributed by atoms with Gasteiger partial charge in [0.05, 0.1) is 5.69 Å².